The van der Waals surface area contributed by atoms with Gasteiger partial charge in [-0.25, -0.2) is 18.7 Å². The summed E-state index contributed by atoms with van der Waals surface area (Å²) in [4.78, 5) is 14.8. The molecule has 7 nitrogen and oxygen atoms in total. The topological polar surface area (TPSA) is 65.3 Å². The van der Waals surface area contributed by atoms with Crippen molar-refractivity contribution < 1.29 is 18.3 Å². The van der Waals surface area contributed by atoms with Crippen molar-refractivity contribution in [3.63, 3.8) is 0 Å². The number of nitrogens with zero attached hydrogens (tertiary/aromatic N) is 5. The molecule has 0 N–H and O–H groups in total. The van der Waals surface area contributed by atoms with Gasteiger partial charge in [0.25, 0.3) is 6.43 Å². The number of ether oxygens (including phenoxy) is 2. The molecule has 1 saturated heterocycles. The fraction of sp³-hybridized carbons (Fsp3) is 0.421. The summed E-state index contributed by atoms with van der Waals surface area (Å²) in [5.41, 5.74) is 0.723. The molecule has 29 heavy (non-hydrogen) atoms. The Labute approximate surface area is 171 Å². The summed E-state index contributed by atoms with van der Waals surface area (Å²) >= 11 is 6.25. The maximum atomic E-state index is 13.8. The zero-order chi connectivity index (χ0) is 20.7. The number of morpholine rings is 1. The Morgan fingerprint density at radius 1 is 1.17 bits per heavy atom. The summed E-state index contributed by atoms with van der Waals surface area (Å²) in [6.45, 7) is 5.16. The molecule has 2 atom stereocenters. The monoisotopic (exact) mass is 423 g/mol. The summed E-state index contributed by atoms with van der Waals surface area (Å²) in [6, 6.07) is 6.65. The van der Waals surface area contributed by atoms with Crippen molar-refractivity contribution in [2.24, 2.45) is 0 Å². The number of imidazole rings is 1. The molecular weight excluding hydrogens is 404 g/mol. The molecule has 1 aliphatic rings. The lowest BCUT2D eigenvalue weighted by Gasteiger charge is -2.36. The number of aromatic nitrogens is 4. The van der Waals surface area contributed by atoms with Crippen molar-refractivity contribution >= 4 is 28.5 Å². The second-order valence-electron chi connectivity index (χ2n) is 6.95. The Balaban J connectivity index is 1.88. The van der Waals surface area contributed by atoms with E-state index in [0.717, 1.165) is 0 Å². The Morgan fingerprint density at radius 3 is 2.55 bits per heavy atom. The van der Waals surface area contributed by atoms with E-state index >= 15 is 0 Å². The number of benzene rings is 1. The van der Waals surface area contributed by atoms with E-state index in [0.29, 0.717) is 35.7 Å². The summed E-state index contributed by atoms with van der Waals surface area (Å²) in [7, 11) is 1.46. The molecule has 0 amide bonds. The highest BCUT2D eigenvalue weighted by atomic mass is 35.5. The van der Waals surface area contributed by atoms with Crippen LogP contribution in [0.25, 0.3) is 17.0 Å². The van der Waals surface area contributed by atoms with Gasteiger partial charge in [-0.2, -0.15) is 4.98 Å². The SMILES string of the molecule is COc1cccc2c1nc(C(F)F)n2-c1nc(Cl)cc(N2CC(C)OC(C)C2)n1. The van der Waals surface area contributed by atoms with Crippen molar-refractivity contribution in [1.29, 1.82) is 0 Å². The van der Waals surface area contributed by atoms with Gasteiger partial charge in [0.05, 0.1) is 24.8 Å². The molecule has 1 fully saturated rings. The third-order valence-corrected chi connectivity index (χ3v) is 4.90. The molecule has 3 heterocycles. The number of anilines is 1. The highest BCUT2D eigenvalue weighted by Gasteiger charge is 2.27. The first-order valence-electron chi connectivity index (χ1n) is 9.16. The maximum Gasteiger partial charge on any atom is 0.296 e. The van der Waals surface area contributed by atoms with Crippen LogP contribution in [0.1, 0.15) is 26.1 Å². The molecule has 2 unspecified atom stereocenters. The Hall–Kier alpha value is -2.52. The van der Waals surface area contributed by atoms with Gasteiger partial charge in [0, 0.05) is 19.2 Å². The van der Waals surface area contributed by atoms with Gasteiger partial charge in [0.15, 0.2) is 5.82 Å². The quantitative estimate of drug-likeness (QED) is 0.590. The van der Waals surface area contributed by atoms with Crippen LogP contribution in [0, 0.1) is 0 Å². The van der Waals surface area contributed by atoms with E-state index in [1.165, 1.54) is 11.7 Å². The third-order valence-electron chi connectivity index (χ3n) is 4.70. The number of hydrogen-bond donors (Lipinski definition) is 0. The van der Waals surface area contributed by atoms with Crippen molar-refractivity contribution in [3.05, 3.63) is 35.2 Å². The van der Waals surface area contributed by atoms with Gasteiger partial charge < -0.3 is 14.4 Å². The zero-order valence-electron chi connectivity index (χ0n) is 16.1. The lowest BCUT2D eigenvalue weighted by atomic mass is 10.2. The van der Waals surface area contributed by atoms with Crippen LogP contribution in [0.15, 0.2) is 24.3 Å². The van der Waals surface area contributed by atoms with Crippen LogP contribution in [0.5, 0.6) is 5.75 Å². The van der Waals surface area contributed by atoms with Gasteiger partial charge in [-0.05, 0) is 26.0 Å². The molecule has 1 aliphatic heterocycles. The van der Waals surface area contributed by atoms with E-state index in [2.05, 4.69) is 15.0 Å². The van der Waals surface area contributed by atoms with Crippen LogP contribution >= 0.6 is 11.6 Å². The van der Waals surface area contributed by atoms with Crippen LogP contribution in [0.3, 0.4) is 0 Å². The lowest BCUT2D eigenvalue weighted by Crippen LogP contribution is -2.46. The van der Waals surface area contributed by atoms with E-state index in [1.54, 1.807) is 24.3 Å². The summed E-state index contributed by atoms with van der Waals surface area (Å²) in [5.74, 6) is 0.500. The predicted molar refractivity (Wildman–Crippen MR) is 105 cm³/mol. The van der Waals surface area contributed by atoms with Gasteiger partial charge in [0.1, 0.15) is 22.2 Å². The molecule has 3 aromatic rings. The normalized spacial score (nSPS) is 19.9. The summed E-state index contributed by atoms with van der Waals surface area (Å²) in [5, 5.41) is 0.154. The van der Waals surface area contributed by atoms with Crippen molar-refractivity contribution in [2.75, 3.05) is 25.1 Å². The largest absolute Gasteiger partial charge is 0.494 e. The summed E-state index contributed by atoms with van der Waals surface area (Å²) in [6.07, 6.45) is -2.82. The molecule has 0 radical (unpaired) electrons. The lowest BCUT2D eigenvalue weighted by molar-refractivity contribution is -0.00546. The predicted octanol–water partition coefficient (Wildman–Crippen LogP) is 4.03. The minimum atomic E-state index is -2.83. The number of halogens is 3. The molecule has 10 heteroatoms. The van der Waals surface area contributed by atoms with Gasteiger partial charge in [-0.3, -0.25) is 4.57 Å². The first-order chi connectivity index (χ1) is 13.9. The van der Waals surface area contributed by atoms with Gasteiger partial charge in [-0.15, -0.1) is 0 Å². The molecule has 0 saturated carbocycles. The number of methoxy groups -OCH3 is 1. The second kappa shape index (κ2) is 7.72. The average Bonchev–Trinajstić information content (AvgIpc) is 3.06. The minimum absolute atomic E-state index is 0.00546. The highest BCUT2D eigenvalue weighted by molar-refractivity contribution is 6.29. The van der Waals surface area contributed by atoms with E-state index < -0.39 is 12.2 Å². The average molecular weight is 424 g/mol. The molecule has 154 valence electrons. The van der Waals surface area contributed by atoms with Crippen LogP contribution in [-0.2, 0) is 4.74 Å². The molecule has 1 aromatic carbocycles. The van der Waals surface area contributed by atoms with Crippen molar-refractivity contribution in [1.82, 2.24) is 19.5 Å². The molecular formula is C19H20ClF2N5O2. The van der Waals surface area contributed by atoms with Crippen LogP contribution in [-0.4, -0.2) is 51.9 Å². The standard InChI is InChI=1S/C19H20ClF2N5O2/c1-10-8-26(9-11(2)29-10)15-7-14(20)23-19(24-15)27-12-5-4-6-13(28-3)16(12)25-18(27)17(21)22/h4-7,10-11,17H,8-9H2,1-3H3. The molecule has 0 spiro atoms. The van der Waals surface area contributed by atoms with Crippen LogP contribution < -0.4 is 9.64 Å². The number of rotatable bonds is 4. The number of fused-ring (bicyclic) bond motifs is 1. The minimum Gasteiger partial charge on any atom is -0.494 e. The Bertz CT molecular complexity index is 1030. The number of para-hydroxylation sites is 1. The number of hydrogen-bond acceptors (Lipinski definition) is 6. The van der Waals surface area contributed by atoms with Gasteiger partial charge in [-0.1, -0.05) is 17.7 Å². The van der Waals surface area contributed by atoms with Crippen molar-refractivity contribution in [3.8, 4) is 11.7 Å². The maximum absolute atomic E-state index is 13.8. The Kier molecular flexibility index (Phi) is 5.26. The highest BCUT2D eigenvalue weighted by Crippen LogP contribution is 2.32. The first-order valence-corrected chi connectivity index (χ1v) is 9.54. The smallest absolute Gasteiger partial charge is 0.296 e. The Morgan fingerprint density at radius 2 is 1.90 bits per heavy atom. The van der Waals surface area contributed by atoms with E-state index in [9.17, 15) is 8.78 Å². The second-order valence-corrected chi connectivity index (χ2v) is 7.33. The van der Waals surface area contributed by atoms with Gasteiger partial charge >= 0.3 is 0 Å². The van der Waals surface area contributed by atoms with Crippen LogP contribution in [0.4, 0.5) is 14.6 Å². The molecule has 4 rings (SSSR count). The zero-order valence-corrected chi connectivity index (χ0v) is 16.9. The third kappa shape index (κ3) is 3.72. The van der Waals surface area contributed by atoms with Crippen LogP contribution in [0.2, 0.25) is 5.15 Å². The number of alkyl halides is 2. The van der Waals surface area contributed by atoms with E-state index in [1.807, 2.05) is 18.7 Å². The molecule has 2 aromatic heterocycles. The van der Waals surface area contributed by atoms with E-state index in [-0.39, 0.29) is 23.3 Å². The molecule has 0 aliphatic carbocycles. The summed E-state index contributed by atoms with van der Waals surface area (Å²) < 4.78 is 39.9. The van der Waals surface area contributed by atoms with E-state index in [4.69, 9.17) is 21.1 Å². The van der Waals surface area contributed by atoms with Gasteiger partial charge in [0.2, 0.25) is 5.95 Å². The molecule has 0 bridgehead atoms. The van der Waals surface area contributed by atoms with Crippen molar-refractivity contribution in [2.45, 2.75) is 32.5 Å². The fourth-order valence-electron chi connectivity index (χ4n) is 3.63. The fourth-order valence-corrected chi connectivity index (χ4v) is 3.81. The first kappa shape index (κ1) is 19.8.